The molecular weight excluding hydrogens is 518 g/mol. The second kappa shape index (κ2) is 7.68. The standard InChI is InChI=1S/C30H39NO9/c1-12(2)25(35)40-18-10-29-21-17-9-28-8-13(3)19(20(22(28)29)37-14(4)32)24(39-16(6)34)30(28,36)26(29)31(17)11-27(21,7)23(18)38-15(5)33/h12,17-24,26,36H,3,8-11H2,1-2,4-7H3. The molecule has 2 spiro atoms. The van der Waals surface area contributed by atoms with E-state index >= 15 is 0 Å². The van der Waals surface area contributed by atoms with Crippen molar-refractivity contribution in [3.8, 4) is 0 Å². The summed E-state index contributed by atoms with van der Waals surface area (Å²) in [6.45, 7) is 14.6. The molecule has 6 saturated carbocycles. The lowest BCUT2D eigenvalue weighted by Gasteiger charge is -2.68. The minimum atomic E-state index is -1.39. The van der Waals surface area contributed by atoms with Crippen LogP contribution in [0.3, 0.4) is 0 Å². The molecule has 10 nitrogen and oxygen atoms in total. The van der Waals surface area contributed by atoms with Gasteiger partial charge in [0.1, 0.15) is 30.0 Å². The lowest BCUT2D eigenvalue weighted by molar-refractivity contribution is -0.288. The van der Waals surface area contributed by atoms with E-state index in [0.29, 0.717) is 25.8 Å². The summed E-state index contributed by atoms with van der Waals surface area (Å²) in [6.07, 6.45) is -1.38. The first kappa shape index (κ1) is 26.4. The predicted octanol–water partition coefficient (Wildman–Crippen LogP) is 1.77. The molecular formula is C30H39NO9. The third-order valence-electron chi connectivity index (χ3n) is 12.1. The average Bonchev–Trinajstić information content (AvgIpc) is 3.25. The van der Waals surface area contributed by atoms with Crippen LogP contribution >= 0.6 is 0 Å². The molecule has 218 valence electrons. The minimum Gasteiger partial charge on any atom is -0.461 e. The molecule has 3 saturated heterocycles. The van der Waals surface area contributed by atoms with Crippen LogP contribution in [-0.4, -0.2) is 82.5 Å². The SMILES string of the molecule is C=C1CC23CC4C5C6(C)CN4C4C5(CC(OC(=O)C(C)C)C6OC(C)=O)C2C(OC(C)=O)C1C(OC(C)=O)C43O. The van der Waals surface area contributed by atoms with E-state index in [2.05, 4.69) is 18.4 Å². The van der Waals surface area contributed by atoms with E-state index < -0.39 is 70.1 Å². The molecule has 10 heteroatoms. The Bertz CT molecular complexity index is 1260. The number of piperidine rings is 2. The summed E-state index contributed by atoms with van der Waals surface area (Å²) in [7, 11) is 0. The Balaban J connectivity index is 1.45. The van der Waals surface area contributed by atoms with Gasteiger partial charge in [0.25, 0.3) is 0 Å². The van der Waals surface area contributed by atoms with Gasteiger partial charge in [-0.1, -0.05) is 32.9 Å². The van der Waals surface area contributed by atoms with E-state index in [0.717, 1.165) is 5.57 Å². The first-order chi connectivity index (χ1) is 18.6. The van der Waals surface area contributed by atoms with Crippen molar-refractivity contribution in [2.45, 2.75) is 103 Å². The number of ether oxygens (including phenoxy) is 4. The largest absolute Gasteiger partial charge is 0.461 e. The number of hydrogen-bond acceptors (Lipinski definition) is 10. The van der Waals surface area contributed by atoms with Gasteiger partial charge < -0.3 is 24.1 Å². The van der Waals surface area contributed by atoms with Gasteiger partial charge in [-0.25, -0.2) is 0 Å². The van der Waals surface area contributed by atoms with Gasteiger partial charge in [-0.05, 0) is 25.2 Å². The molecule has 0 aromatic heterocycles. The van der Waals surface area contributed by atoms with Gasteiger partial charge in [0.15, 0.2) is 0 Å². The van der Waals surface area contributed by atoms with Crippen LogP contribution in [0.25, 0.3) is 0 Å². The average molecular weight is 558 g/mol. The third kappa shape index (κ3) is 2.65. The molecule has 40 heavy (non-hydrogen) atoms. The van der Waals surface area contributed by atoms with Gasteiger partial charge in [-0.2, -0.15) is 0 Å². The van der Waals surface area contributed by atoms with Crippen molar-refractivity contribution in [1.29, 1.82) is 0 Å². The highest BCUT2D eigenvalue weighted by molar-refractivity contribution is 5.72. The zero-order valence-electron chi connectivity index (χ0n) is 24.0. The number of aliphatic hydroxyl groups is 1. The highest BCUT2D eigenvalue weighted by atomic mass is 16.6. The molecule has 9 bridgehead atoms. The molecule has 6 aliphatic carbocycles. The highest BCUT2D eigenvalue weighted by Crippen LogP contribution is 2.88. The van der Waals surface area contributed by atoms with Crippen molar-refractivity contribution in [3.63, 3.8) is 0 Å². The van der Waals surface area contributed by atoms with Gasteiger partial charge in [0.05, 0.1) is 11.8 Å². The number of esters is 4. The fraction of sp³-hybridized carbons (Fsp3) is 0.800. The first-order valence-corrected chi connectivity index (χ1v) is 14.5. The second-order valence-electron chi connectivity index (χ2n) is 14.2. The van der Waals surface area contributed by atoms with Crippen molar-refractivity contribution in [2.24, 2.45) is 39.9 Å². The summed E-state index contributed by atoms with van der Waals surface area (Å²) in [5, 5.41) is 13.0. The minimum absolute atomic E-state index is 0.00310. The molecule has 0 amide bonds. The van der Waals surface area contributed by atoms with Crippen LogP contribution in [0, 0.1) is 39.9 Å². The van der Waals surface area contributed by atoms with Crippen LogP contribution in [0.15, 0.2) is 12.2 Å². The molecule has 0 aromatic rings. The Kier molecular flexibility index (Phi) is 5.07. The number of fused-ring (bicyclic) bond motifs is 1. The lowest BCUT2D eigenvalue weighted by atomic mass is 9.38. The molecule has 3 heterocycles. The molecule has 9 aliphatic rings. The first-order valence-electron chi connectivity index (χ1n) is 14.5. The van der Waals surface area contributed by atoms with Gasteiger partial charge >= 0.3 is 23.9 Å². The summed E-state index contributed by atoms with van der Waals surface area (Å²) in [5.74, 6) is -2.94. The lowest BCUT2D eigenvalue weighted by Crippen LogP contribution is -2.77. The summed E-state index contributed by atoms with van der Waals surface area (Å²) in [4.78, 5) is 52.8. The van der Waals surface area contributed by atoms with Crippen LogP contribution in [0.1, 0.15) is 60.8 Å². The van der Waals surface area contributed by atoms with E-state index in [9.17, 15) is 24.3 Å². The highest BCUT2D eigenvalue weighted by Gasteiger charge is 2.97. The van der Waals surface area contributed by atoms with Crippen LogP contribution in [0.4, 0.5) is 0 Å². The van der Waals surface area contributed by atoms with Crippen LogP contribution in [-0.2, 0) is 38.1 Å². The zero-order chi connectivity index (χ0) is 28.9. The van der Waals surface area contributed by atoms with Crippen LogP contribution in [0.5, 0.6) is 0 Å². The summed E-state index contributed by atoms with van der Waals surface area (Å²) < 4.78 is 24.3. The summed E-state index contributed by atoms with van der Waals surface area (Å²) in [5.41, 5.74) is -2.45. The van der Waals surface area contributed by atoms with Crippen molar-refractivity contribution in [3.05, 3.63) is 12.2 Å². The Labute approximate surface area is 233 Å². The van der Waals surface area contributed by atoms with Crippen molar-refractivity contribution in [2.75, 3.05) is 6.54 Å². The maximum absolute atomic E-state index is 13.0. The molecule has 0 radical (unpaired) electrons. The summed E-state index contributed by atoms with van der Waals surface area (Å²) in [6, 6.07) is -0.286. The Morgan fingerprint density at radius 3 is 2.17 bits per heavy atom. The van der Waals surface area contributed by atoms with Gasteiger partial charge in [0.2, 0.25) is 0 Å². The predicted molar refractivity (Wildman–Crippen MR) is 137 cm³/mol. The van der Waals surface area contributed by atoms with Crippen molar-refractivity contribution in [1.82, 2.24) is 4.90 Å². The zero-order valence-corrected chi connectivity index (χ0v) is 24.0. The molecule has 0 aromatic carbocycles. The Morgan fingerprint density at radius 2 is 1.57 bits per heavy atom. The monoisotopic (exact) mass is 557 g/mol. The van der Waals surface area contributed by atoms with Crippen LogP contribution in [0.2, 0.25) is 0 Å². The second-order valence-corrected chi connectivity index (χ2v) is 14.2. The Morgan fingerprint density at radius 1 is 0.950 bits per heavy atom. The molecule has 14 atom stereocenters. The Hall–Kier alpha value is -2.46. The smallest absolute Gasteiger partial charge is 0.308 e. The maximum Gasteiger partial charge on any atom is 0.308 e. The molecule has 1 N–H and O–H groups in total. The molecule has 14 unspecified atom stereocenters. The van der Waals surface area contributed by atoms with Gasteiger partial charge in [-0.15, -0.1) is 0 Å². The van der Waals surface area contributed by atoms with E-state index in [1.165, 1.54) is 20.8 Å². The molecule has 3 aliphatic heterocycles. The van der Waals surface area contributed by atoms with E-state index in [-0.39, 0.29) is 35.8 Å². The number of rotatable bonds is 5. The number of carbonyl (C=O) groups is 4. The number of hydrogen-bond donors (Lipinski definition) is 1. The number of nitrogens with zero attached hydrogens (tertiary/aromatic N) is 1. The fourth-order valence-corrected chi connectivity index (χ4v) is 11.9. The van der Waals surface area contributed by atoms with Crippen LogP contribution < -0.4 is 0 Å². The van der Waals surface area contributed by atoms with Gasteiger partial charge in [-0.3, -0.25) is 24.1 Å². The van der Waals surface area contributed by atoms with Gasteiger partial charge in [0, 0.05) is 61.6 Å². The van der Waals surface area contributed by atoms with Crippen molar-refractivity contribution < 1.29 is 43.2 Å². The molecule has 9 rings (SSSR count). The quantitative estimate of drug-likeness (QED) is 0.303. The third-order valence-corrected chi connectivity index (χ3v) is 12.1. The van der Waals surface area contributed by atoms with Crippen molar-refractivity contribution >= 4 is 23.9 Å². The maximum atomic E-state index is 13.0. The summed E-state index contributed by atoms with van der Waals surface area (Å²) >= 11 is 0. The molecule has 9 fully saturated rings. The normalized spacial score (nSPS) is 53.5. The van der Waals surface area contributed by atoms with E-state index in [4.69, 9.17) is 18.9 Å². The van der Waals surface area contributed by atoms with E-state index in [1.807, 2.05) is 0 Å². The fourth-order valence-electron chi connectivity index (χ4n) is 11.9. The number of carbonyl (C=O) groups excluding carboxylic acids is 4. The topological polar surface area (TPSA) is 129 Å². The van der Waals surface area contributed by atoms with E-state index in [1.54, 1.807) is 13.8 Å².